The Bertz CT molecular complexity index is 692. The normalized spacial score (nSPS) is 18.3. The topological polar surface area (TPSA) is 66.5 Å². The Morgan fingerprint density at radius 2 is 1.88 bits per heavy atom. The van der Waals surface area contributed by atoms with E-state index in [0.717, 1.165) is 11.1 Å². The van der Waals surface area contributed by atoms with Crippen LogP contribution in [0.5, 0.6) is 0 Å². The first-order valence-corrected chi connectivity index (χ1v) is 10.6. The molecular formula is C19H30N2O3S. The maximum atomic E-state index is 12.6. The highest BCUT2D eigenvalue weighted by molar-refractivity contribution is 7.88. The molecule has 140 valence electrons. The molecule has 0 bridgehead atoms. The van der Waals surface area contributed by atoms with Crippen molar-refractivity contribution < 1.29 is 13.2 Å². The molecule has 1 aromatic carbocycles. The van der Waals surface area contributed by atoms with Crippen LogP contribution >= 0.6 is 0 Å². The third-order valence-electron chi connectivity index (χ3n) is 5.02. The lowest BCUT2D eigenvalue weighted by molar-refractivity contribution is -0.127. The summed E-state index contributed by atoms with van der Waals surface area (Å²) in [5, 5.41) is 3.04. The molecule has 0 spiro atoms. The Kier molecular flexibility index (Phi) is 6.63. The van der Waals surface area contributed by atoms with E-state index in [1.54, 1.807) is 0 Å². The molecule has 2 rings (SSSR count). The lowest BCUT2D eigenvalue weighted by Crippen LogP contribution is -2.46. The third kappa shape index (κ3) is 5.54. The summed E-state index contributed by atoms with van der Waals surface area (Å²) in [5.74, 6) is 0.373. The average Bonchev–Trinajstić information content (AvgIpc) is 2.54. The van der Waals surface area contributed by atoms with Gasteiger partial charge in [-0.15, -0.1) is 0 Å². The third-order valence-corrected chi connectivity index (χ3v) is 6.87. The molecule has 1 heterocycles. The van der Waals surface area contributed by atoms with Gasteiger partial charge in [-0.3, -0.25) is 4.79 Å². The maximum Gasteiger partial charge on any atom is 0.223 e. The van der Waals surface area contributed by atoms with Gasteiger partial charge in [-0.1, -0.05) is 43.7 Å². The quantitative estimate of drug-likeness (QED) is 0.842. The minimum atomic E-state index is -3.34. The highest BCUT2D eigenvalue weighted by Gasteiger charge is 2.31. The number of hydrogen-bond donors (Lipinski definition) is 1. The molecule has 1 aliphatic heterocycles. The predicted octanol–water partition coefficient (Wildman–Crippen LogP) is 2.70. The molecule has 1 aromatic rings. The van der Waals surface area contributed by atoms with Crippen LogP contribution in [0.15, 0.2) is 24.3 Å². The van der Waals surface area contributed by atoms with Gasteiger partial charge in [-0.05, 0) is 38.2 Å². The molecule has 1 N–H and O–H groups in total. The van der Waals surface area contributed by atoms with E-state index in [0.29, 0.717) is 31.8 Å². The van der Waals surface area contributed by atoms with E-state index < -0.39 is 10.0 Å². The van der Waals surface area contributed by atoms with Crippen LogP contribution in [0.2, 0.25) is 0 Å². The van der Waals surface area contributed by atoms with Crippen molar-refractivity contribution in [3.8, 4) is 0 Å². The van der Waals surface area contributed by atoms with Gasteiger partial charge in [0.05, 0.1) is 5.75 Å². The summed E-state index contributed by atoms with van der Waals surface area (Å²) in [6, 6.07) is 7.73. The smallest absolute Gasteiger partial charge is 0.223 e. The second kappa shape index (κ2) is 8.32. The van der Waals surface area contributed by atoms with Gasteiger partial charge in [0.2, 0.25) is 15.9 Å². The van der Waals surface area contributed by atoms with Crippen LogP contribution in [0.1, 0.15) is 44.7 Å². The number of piperidine rings is 1. The standard InChI is InChI=1S/C19H30N2O3S/c1-14(2)16(4)20-19(22)18-8-10-21(11-9-18)25(23,24)13-17-7-5-6-15(3)12-17/h5-7,12,14,16,18H,8-11,13H2,1-4H3,(H,20,22). The van der Waals surface area contributed by atoms with Crippen LogP contribution in [0.3, 0.4) is 0 Å². The number of carbonyl (C=O) groups excluding carboxylic acids is 1. The molecule has 1 amide bonds. The Labute approximate surface area is 151 Å². The van der Waals surface area contributed by atoms with E-state index >= 15 is 0 Å². The van der Waals surface area contributed by atoms with Gasteiger partial charge in [-0.25, -0.2) is 12.7 Å². The van der Waals surface area contributed by atoms with Gasteiger partial charge in [0.15, 0.2) is 0 Å². The SMILES string of the molecule is Cc1cccc(CS(=O)(=O)N2CCC(C(=O)NC(C)C(C)C)CC2)c1. The van der Waals surface area contributed by atoms with Crippen molar-refractivity contribution in [1.82, 2.24) is 9.62 Å². The number of sulfonamides is 1. The number of aryl methyl sites for hydroxylation is 1. The summed E-state index contributed by atoms with van der Waals surface area (Å²) in [6.07, 6.45) is 1.17. The van der Waals surface area contributed by atoms with Crippen molar-refractivity contribution in [2.75, 3.05) is 13.1 Å². The molecule has 5 nitrogen and oxygen atoms in total. The molecular weight excluding hydrogens is 336 g/mol. The summed E-state index contributed by atoms with van der Waals surface area (Å²) < 4.78 is 26.8. The number of nitrogens with one attached hydrogen (secondary N) is 1. The van der Waals surface area contributed by atoms with E-state index in [1.807, 2.05) is 38.1 Å². The van der Waals surface area contributed by atoms with Crippen LogP contribution in [-0.4, -0.2) is 37.8 Å². The summed E-state index contributed by atoms with van der Waals surface area (Å²) >= 11 is 0. The molecule has 0 aliphatic carbocycles. The highest BCUT2D eigenvalue weighted by atomic mass is 32.2. The van der Waals surface area contributed by atoms with Gasteiger partial charge >= 0.3 is 0 Å². The first-order valence-electron chi connectivity index (χ1n) is 9.03. The van der Waals surface area contributed by atoms with Gasteiger partial charge < -0.3 is 5.32 Å². The predicted molar refractivity (Wildman–Crippen MR) is 101 cm³/mol. The number of benzene rings is 1. The molecule has 0 aromatic heterocycles. The van der Waals surface area contributed by atoms with Crippen LogP contribution in [-0.2, 0) is 20.6 Å². The summed E-state index contributed by atoms with van der Waals surface area (Å²) in [5.41, 5.74) is 1.87. The van der Waals surface area contributed by atoms with Crippen molar-refractivity contribution in [2.45, 2.75) is 52.3 Å². The van der Waals surface area contributed by atoms with E-state index in [-0.39, 0.29) is 23.6 Å². The van der Waals surface area contributed by atoms with Crippen molar-refractivity contribution in [1.29, 1.82) is 0 Å². The summed E-state index contributed by atoms with van der Waals surface area (Å²) in [7, 11) is -3.34. The number of carbonyl (C=O) groups is 1. The largest absolute Gasteiger partial charge is 0.353 e. The minimum absolute atomic E-state index is 0.0237. The second-order valence-corrected chi connectivity index (χ2v) is 9.43. The van der Waals surface area contributed by atoms with Gasteiger partial charge in [-0.2, -0.15) is 0 Å². The van der Waals surface area contributed by atoms with Crippen molar-refractivity contribution in [3.05, 3.63) is 35.4 Å². The van der Waals surface area contributed by atoms with Crippen molar-refractivity contribution in [3.63, 3.8) is 0 Å². The lowest BCUT2D eigenvalue weighted by Gasteiger charge is -2.31. The monoisotopic (exact) mass is 366 g/mol. The molecule has 1 atom stereocenters. The van der Waals surface area contributed by atoms with Gasteiger partial charge in [0.1, 0.15) is 0 Å². The van der Waals surface area contributed by atoms with Crippen LogP contribution in [0, 0.1) is 18.8 Å². The Morgan fingerprint density at radius 3 is 2.44 bits per heavy atom. The van der Waals surface area contributed by atoms with Crippen LogP contribution in [0.4, 0.5) is 0 Å². The zero-order chi connectivity index (χ0) is 18.6. The first-order chi connectivity index (χ1) is 11.7. The van der Waals surface area contributed by atoms with Crippen LogP contribution in [0.25, 0.3) is 0 Å². The summed E-state index contributed by atoms with van der Waals surface area (Å²) in [4.78, 5) is 12.3. The van der Waals surface area contributed by atoms with Crippen molar-refractivity contribution in [2.24, 2.45) is 11.8 Å². The number of amides is 1. The average molecular weight is 367 g/mol. The van der Waals surface area contributed by atoms with Crippen LogP contribution < -0.4 is 5.32 Å². The van der Waals surface area contributed by atoms with Gasteiger partial charge in [0.25, 0.3) is 0 Å². The molecule has 0 saturated carbocycles. The number of nitrogens with zero attached hydrogens (tertiary/aromatic N) is 1. The van der Waals surface area contributed by atoms with Crippen molar-refractivity contribution >= 4 is 15.9 Å². The van der Waals surface area contributed by atoms with E-state index in [1.165, 1.54) is 4.31 Å². The fourth-order valence-electron chi connectivity index (χ4n) is 3.01. The second-order valence-electron chi connectivity index (χ2n) is 7.46. The maximum absolute atomic E-state index is 12.6. The minimum Gasteiger partial charge on any atom is -0.353 e. The molecule has 1 unspecified atom stereocenters. The number of hydrogen-bond acceptors (Lipinski definition) is 3. The molecule has 1 aliphatic rings. The lowest BCUT2D eigenvalue weighted by atomic mass is 9.96. The zero-order valence-electron chi connectivity index (χ0n) is 15.7. The Morgan fingerprint density at radius 1 is 1.24 bits per heavy atom. The summed E-state index contributed by atoms with van der Waals surface area (Å²) in [6.45, 7) is 8.95. The molecule has 6 heteroatoms. The Balaban J connectivity index is 1.91. The molecule has 25 heavy (non-hydrogen) atoms. The first kappa shape index (κ1) is 19.9. The molecule has 1 fully saturated rings. The Hall–Kier alpha value is -1.40. The fourth-order valence-corrected chi connectivity index (χ4v) is 4.56. The van der Waals surface area contributed by atoms with E-state index in [2.05, 4.69) is 19.2 Å². The van der Waals surface area contributed by atoms with Gasteiger partial charge in [0, 0.05) is 25.0 Å². The molecule has 0 radical (unpaired) electrons. The zero-order valence-corrected chi connectivity index (χ0v) is 16.5. The van der Waals surface area contributed by atoms with E-state index in [9.17, 15) is 13.2 Å². The molecule has 1 saturated heterocycles. The number of rotatable bonds is 6. The fraction of sp³-hybridized carbons (Fsp3) is 0.632. The highest BCUT2D eigenvalue weighted by Crippen LogP contribution is 2.22. The van der Waals surface area contributed by atoms with E-state index in [4.69, 9.17) is 0 Å².